The lowest BCUT2D eigenvalue weighted by molar-refractivity contribution is -0.133. The van der Waals surface area contributed by atoms with Gasteiger partial charge >= 0.3 is 5.97 Å². The second-order valence-corrected chi connectivity index (χ2v) is 8.94. The summed E-state index contributed by atoms with van der Waals surface area (Å²) in [5, 5.41) is 0. The Morgan fingerprint density at radius 2 is 1.68 bits per heavy atom. The zero-order valence-corrected chi connectivity index (χ0v) is 19.3. The van der Waals surface area contributed by atoms with E-state index >= 15 is 0 Å². The number of H-pyrrole nitrogens is 1. The number of aryl methyl sites for hydroxylation is 1. The molecule has 1 aromatic heterocycles. The van der Waals surface area contributed by atoms with Gasteiger partial charge in [-0.1, -0.05) is 45.4 Å². The van der Waals surface area contributed by atoms with Gasteiger partial charge in [0, 0.05) is 38.3 Å². The van der Waals surface area contributed by atoms with Crippen molar-refractivity contribution in [3.8, 4) is 0 Å². The molecular weight excluding hydrogens is 394 g/mol. The fourth-order valence-corrected chi connectivity index (χ4v) is 5.02. The highest BCUT2D eigenvalue weighted by Crippen LogP contribution is 2.28. The Bertz CT molecular complexity index is 787. The normalized spacial score (nSPS) is 17.6. The van der Waals surface area contributed by atoms with E-state index in [0.29, 0.717) is 61.9 Å². The van der Waals surface area contributed by atoms with E-state index in [1.807, 2.05) is 11.8 Å². The fraction of sp³-hybridized carbons (Fsp3) is 0.708. The molecule has 1 aliphatic carbocycles. The van der Waals surface area contributed by atoms with Crippen LogP contribution in [0.3, 0.4) is 0 Å². The first-order valence-corrected chi connectivity index (χ1v) is 11.8. The molecule has 2 heterocycles. The lowest BCUT2D eigenvalue weighted by Gasteiger charge is -2.35. The van der Waals surface area contributed by atoms with E-state index in [4.69, 9.17) is 4.74 Å². The molecule has 31 heavy (non-hydrogen) atoms. The molecule has 0 bridgehead atoms. The molecule has 0 aromatic carbocycles. The molecular formula is C24H37N3O4. The number of carbonyl (C=O) groups excluding carboxylic acids is 3. The van der Waals surface area contributed by atoms with Gasteiger partial charge in [0.2, 0.25) is 5.91 Å². The predicted octanol–water partition coefficient (Wildman–Crippen LogP) is 3.71. The topological polar surface area (TPSA) is 82.7 Å². The van der Waals surface area contributed by atoms with Crippen molar-refractivity contribution in [1.82, 2.24) is 14.8 Å². The van der Waals surface area contributed by atoms with Crippen LogP contribution in [-0.4, -0.2) is 65.9 Å². The van der Waals surface area contributed by atoms with Gasteiger partial charge in [-0.3, -0.25) is 9.59 Å². The monoisotopic (exact) mass is 431 g/mol. The molecule has 7 nitrogen and oxygen atoms in total. The van der Waals surface area contributed by atoms with E-state index in [1.54, 1.807) is 11.8 Å². The standard InChI is InChI=1S/C24H37N3O4/c1-4-8-19-21(24(30)31-3)17(2)25-22(19)23(29)27-15-13-26(14-16-27)20(28)12-11-18-9-6-5-7-10-18/h18,25H,4-16H2,1-3H3. The highest BCUT2D eigenvalue weighted by molar-refractivity contribution is 6.00. The van der Waals surface area contributed by atoms with Gasteiger partial charge in [-0.25, -0.2) is 4.79 Å². The smallest absolute Gasteiger partial charge is 0.339 e. The van der Waals surface area contributed by atoms with Crippen LogP contribution in [0.1, 0.15) is 90.4 Å². The number of aromatic amines is 1. The van der Waals surface area contributed by atoms with Crippen LogP contribution in [-0.2, 0) is 16.0 Å². The molecule has 0 spiro atoms. The van der Waals surface area contributed by atoms with E-state index in [2.05, 4.69) is 4.98 Å². The molecule has 172 valence electrons. The highest BCUT2D eigenvalue weighted by atomic mass is 16.5. The molecule has 0 unspecified atom stereocenters. The summed E-state index contributed by atoms with van der Waals surface area (Å²) in [6, 6.07) is 0. The molecule has 2 amide bonds. The SMILES string of the molecule is CCCc1c(C(=O)N2CCN(C(=O)CCC3CCCCC3)CC2)[nH]c(C)c1C(=O)OC. The third kappa shape index (κ3) is 5.49. The quantitative estimate of drug-likeness (QED) is 0.667. The number of rotatable bonds is 7. The molecule has 1 aromatic rings. The lowest BCUT2D eigenvalue weighted by atomic mass is 9.86. The molecule has 0 atom stereocenters. The minimum absolute atomic E-state index is 0.101. The van der Waals surface area contributed by atoms with Crippen molar-refractivity contribution >= 4 is 17.8 Å². The molecule has 1 N–H and O–H groups in total. The molecule has 1 aliphatic heterocycles. The number of amides is 2. The number of carbonyl (C=O) groups is 3. The van der Waals surface area contributed by atoms with E-state index < -0.39 is 5.97 Å². The first-order chi connectivity index (χ1) is 15.0. The Hall–Kier alpha value is -2.31. The van der Waals surface area contributed by atoms with Gasteiger partial charge < -0.3 is 19.5 Å². The molecule has 7 heteroatoms. The van der Waals surface area contributed by atoms with Crippen LogP contribution in [0.2, 0.25) is 0 Å². The molecule has 1 saturated heterocycles. The van der Waals surface area contributed by atoms with Gasteiger partial charge in [-0.05, 0) is 31.2 Å². The zero-order chi connectivity index (χ0) is 22.4. The molecule has 0 radical (unpaired) electrons. The van der Waals surface area contributed by atoms with E-state index in [9.17, 15) is 14.4 Å². The summed E-state index contributed by atoms with van der Waals surface area (Å²) in [6.07, 6.45) is 9.54. The maximum absolute atomic E-state index is 13.2. The Morgan fingerprint density at radius 1 is 1.03 bits per heavy atom. The fourth-order valence-electron chi connectivity index (χ4n) is 5.02. The van der Waals surface area contributed by atoms with Crippen LogP contribution in [0.4, 0.5) is 0 Å². The van der Waals surface area contributed by atoms with Crippen molar-refractivity contribution in [1.29, 1.82) is 0 Å². The van der Waals surface area contributed by atoms with Gasteiger partial charge in [0.25, 0.3) is 5.91 Å². The van der Waals surface area contributed by atoms with Gasteiger partial charge in [-0.2, -0.15) is 0 Å². The van der Waals surface area contributed by atoms with Crippen molar-refractivity contribution in [3.63, 3.8) is 0 Å². The van der Waals surface area contributed by atoms with Crippen molar-refractivity contribution in [3.05, 3.63) is 22.5 Å². The van der Waals surface area contributed by atoms with Crippen LogP contribution >= 0.6 is 0 Å². The summed E-state index contributed by atoms with van der Waals surface area (Å²) in [5.41, 5.74) is 2.36. The Labute approximate surface area is 185 Å². The Kier molecular flexibility index (Phi) is 8.15. The Morgan fingerprint density at radius 3 is 2.29 bits per heavy atom. The summed E-state index contributed by atoms with van der Waals surface area (Å²) in [6.45, 7) is 6.00. The number of piperazine rings is 1. The van der Waals surface area contributed by atoms with Crippen LogP contribution < -0.4 is 0 Å². The van der Waals surface area contributed by atoms with Gasteiger partial charge in [0.1, 0.15) is 5.69 Å². The summed E-state index contributed by atoms with van der Waals surface area (Å²) < 4.78 is 4.92. The molecule has 2 aliphatic rings. The average molecular weight is 432 g/mol. The lowest BCUT2D eigenvalue weighted by Crippen LogP contribution is -2.50. The number of ether oxygens (including phenoxy) is 1. The maximum atomic E-state index is 13.2. The van der Waals surface area contributed by atoms with E-state index in [0.717, 1.165) is 18.4 Å². The zero-order valence-electron chi connectivity index (χ0n) is 19.3. The third-order valence-electron chi connectivity index (χ3n) is 6.81. The second kappa shape index (κ2) is 10.8. The average Bonchev–Trinajstić information content (AvgIpc) is 3.13. The second-order valence-electron chi connectivity index (χ2n) is 8.94. The molecule has 1 saturated carbocycles. The number of nitrogens with zero attached hydrogens (tertiary/aromatic N) is 2. The van der Waals surface area contributed by atoms with Crippen LogP contribution in [0.15, 0.2) is 0 Å². The third-order valence-corrected chi connectivity index (χ3v) is 6.81. The summed E-state index contributed by atoms with van der Waals surface area (Å²) in [5.74, 6) is 0.409. The molecule has 2 fully saturated rings. The van der Waals surface area contributed by atoms with Gasteiger partial charge in [-0.15, -0.1) is 0 Å². The largest absolute Gasteiger partial charge is 0.465 e. The number of nitrogens with one attached hydrogen (secondary N) is 1. The first kappa shape index (κ1) is 23.4. The number of hydrogen-bond donors (Lipinski definition) is 1. The van der Waals surface area contributed by atoms with Crippen LogP contribution in [0.5, 0.6) is 0 Å². The van der Waals surface area contributed by atoms with Crippen molar-refractivity contribution in [2.24, 2.45) is 5.92 Å². The van der Waals surface area contributed by atoms with E-state index in [-0.39, 0.29) is 11.8 Å². The van der Waals surface area contributed by atoms with Crippen molar-refractivity contribution in [2.45, 2.75) is 71.6 Å². The summed E-state index contributed by atoms with van der Waals surface area (Å²) >= 11 is 0. The van der Waals surface area contributed by atoms with Crippen molar-refractivity contribution < 1.29 is 19.1 Å². The summed E-state index contributed by atoms with van der Waals surface area (Å²) in [7, 11) is 1.36. The Balaban J connectivity index is 1.58. The molecule has 3 rings (SSSR count). The highest BCUT2D eigenvalue weighted by Gasteiger charge is 2.30. The number of esters is 1. The van der Waals surface area contributed by atoms with Gasteiger partial charge in [0.05, 0.1) is 12.7 Å². The van der Waals surface area contributed by atoms with Crippen LogP contribution in [0.25, 0.3) is 0 Å². The van der Waals surface area contributed by atoms with E-state index in [1.165, 1.54) is 39.2 Å². The minimum atomic E-state index is -0.412. The number of methoxy groups -OCH3 is 1. The number of hydrogen-bond acceptors (Lipinski definition) is 4. The summed E-state index contributed by atoms with van der Waals surface area (Å²) in [4.78, 5) is 44.9. The first-order valence-electron chi connectivity index (χ1n) is 11.8. The minimum Gasteiger partial charge on any atom is -0.465 e. The predicted molar refractivity (Wildman–Crippen MR) is 119 cm³/mol. The maximum Gasteiger partial charge on any atom is 0.339 e. The number of aromatic nitrogens is 1. The van der Waals surface area contributed by atoms with Gasteiger partial charge in [0.15, 0.2) is 0 Å². The van der Waals surface area contributed by atoms with Crippen LogP contribution in [0, 0.1) is 12.8 Å². The van der Waals surface area contributed by atoms with Crippen molar-refractivity contribution in [2.75, 3.05) is 33.3 Å².